The molecule has 0 radical (unpaired) electrons. The van der Waals surface area contributed by atoms with E-state index < -0.39 is 0 Å². The van der Waals surface area contributed by atoms with Gasteiger partial charge in [-0.15, -0.1) is 0 Å². The molecule has 0 aliphatic carbocycles. The normalized spacial score (nSPS) is 12.3. The van der Waals surface area contributed by atoms with E-state index in [-0.39, 0.29) is 0 Å². The topological polar surface area (TPSA) is 34.4 Å². The first-order valence-electron chi connectivity index (χ1n) is 7.16. The average Bonchev–Trinajstić information content (AvgIpc) is 2.98. The first-order chi connectivity index (χ1) is 9.81. The highest BCUT2D eigenvalue weighted by atomic mass is 16.5. The summed E-state index contributed by atoms with van der Waals surface area (Å²) in [5.74, 6) is 1.48. The minimum atomic E-state index is 0.570. The Bertz CT molecular complexity index is 476. The maximum atomic E-state index is 5.20. The van der Waals surface area contributed by atoms with Crippen LogP contribution in [0.3, 0.4) is 0 Å². The van der Waals surface area contributed by atoms with Crippen LogP contribution in [0.4, 0.5) is 0 Å². The lowest BCUT2D eigenvalue weighted by Crippen LogP contribution is -2.25. The second kappa shape index (κ2) is 7.75. The van der Waals surface area contributed by atoms with Crippen LogP contribution >= 0.6 is 0 Å². The summed E-state index contributed by atoms with van der Waals surface area (Å²) in [6.45, 7) is 4.17. The molecule has 1 unspecified atom stereocenters. The van der Waals surface area contributed by atoms with Crippen LogP contribution in [0.25, 0.3) is 0 Å². The van der Waals surface area contributed by atoms with Gasteiger partial charge in [0.05, 0.1) is 19.6 Å². The molecule has 0 fully saturated rings. The lowest BCUT2D eigenvalue weighted by molar-refractivity contribution is 0.414. The predicted molar refractivity (Wildman–Crippen MR) is 81.1 cm³/mol. The molecule has 0 spiro atoms. The predicted octanol–water partition coefficient (Wildman–Crippen LogP) is 3.30. The Labute approximate surface area is 121 Å². The molecule has 2 rings (SSSR count). The fourth-order valence-electron chi connectivity index (χ4n) is 2.40. The van der Waals surface area contributed by atoms with Crippen LogP contribution in [0, 0.1) is 5.92 Å². The minimum absolute atomic E-state index is 0.570. The number of benzene rings is 1. The van der Waals surface area contributed by atoms with Crippen molar-refractivity contribution in [3.05, 3.63) is 54.0 Å². The third-order valence-corrected chi connectivity index (χ3v) is 3.47. The highest BCUT2D eigenvalue weighted by Crippen LogP contribution is 2.17. The van der Waals surface area contributed by atoms with Gasteiger partial charge in [-0.2, -0.15) is 0 Å². The van der Waals surface area contributed by atoms with Crippen LogP contribution < -0.4 is 10.1 Å². The van der Waals surface area contributed by atoms with E-state index in [0.29, 0.717) is 5.92 Å². The Morgan fingerprint density at radius 1 is 1.10 bits per heavy atom. The molecule has 3 nitrogen and oxygen atoms in total. The van der Waals surface area contributed by atoms with Gasteiger partial charge < -0.3 is 14.5 Å². The molecule has 3 heteroatoms. The second-order valence-electron chi connectivity index (χ2n) is 5.06. The van der Waals surface area contributed by atoms with E-state index in [1.54, 1.807) is 13.4 Å². The summed E-state index contributed by atoms with van der Waals surface area (Å²) in [5, 5.41) is 3.45. The van der Waals surface area contributed by atoms with Crippen LogP contribution in [0.5, 0.6) is 5.75 Å². The van der Waals surface area contributed by atoms with Gasteiger partial charge in [0.2, 0.25) is 0 Å². The van der Waals surface area contributed by atoms with Crippen molar-refractivity contribution in [2.45, 2.75) is 19.8 Å². The molecule has 1 heterocycles. The van der Waals surface area contributed by atoms with Crippen molar-refractivity contribution in [2.75, 3.05) is 20.2 Å². The van der Waals surface area contributed by atoms with Crippen LogP contribution in [-0.2, 0) is 12.8 Å². The van der Waals surface area contributed by atoms with Gasteiger partial charge in [-0.25, -0.2) is 0 Å². The van der Waals surface area contributed by atoms with Gasteiger partial charge in [-0.1, -0.05) is 19.1 Å². The molecule has 2 aromatic rings. The van der Waals surface area contributed by atoms with E-state index in [1.807, 2.05) is 24.5 Å². The second-order valence-corrected chi connectivity index (χ2v) is 5.06. The number of nitrogens with one attached hydrogen (secondary N) is 1. The van der Waals surface area contributed by atoms with Gasteiger partial charge in [0, 0.05) is 0 Å². The summed E-state index contributed by atoms with van der Waals surface area (Å²) in [7, 11) is 1.70. The molecule has 20 heavy (non-hydrogen) atoms. The molecule has 0 bridgehead atoms. The van der Waals surface area contributed by atoms with Crippen molar-refractivity contribution >= 4 is 0 Å². The highest BCUT2D eigenvalue weighted by Gasteiger charge is 2.11. The van der Waals surface area contributed by atoms with E-state index in [4.69, 9.17) is 9.15 Å². The number of methoxy groups -OCH3 is 1. The van der Waals surface area contributed by atoms with Gasteiger partial charge in [0.25, 0.3) is 0 Å². The van der Waals surface area contributed by atoms with Crippen LogP contribution in [0.15, 0.2) is 47.3 Å². The van der Waals surface area contributed by atoms with Crippen molar-refractivity contribution in [3.8, 4) is 5.75 Å². The Kier molecular flexibility index (Phi) is 5.69. The lowest BCUT2D eigenvalue weighted by Gasteiger charge is -2.17. The van der Waals surface area contributed by atoms with E-state index in [2.05, 4.69) is 24.4 Å². The number of furan rings is 1. The fraction of sp³-hybridized carbons (Fsp3) is 0.412. The molecule has 0 saturated carbocycles. The summed E-state index contributed by atoms with van der Waals surface area (Å²) in [6.07, 6.45) is 5.68. The number of hydrogen-bond donors (Lipinski definition) is 1. The molecule has 0 amide bonds. The quantitative estimate of drug-likeness (QED) is 0.801. The summed E-state index contributed by atoms with van der Waals surface area (Å²) in [4.78, 5) is 0. The van der Waals surface area contributed by atoms with E-state index >= 15 is 0 Å². The summed E-state index contributed by atoms with van der Waals surface area (Å²) in [5.41, 5.74) is 2.61. The lowest BCUT2D eigenvalue weighted by atomic mass is 9.93. The first-order valence-corrected chi connectivity index (χ1v) is 7.16. The summed E-state index contributed by atoms with van der Waals surface area (Å²) >= 11 is 0. The van der Waals surface area contributed by atoms with Gasteiger partial charge in [0.1, 0.15) is 5.75 Å². The molecule has 1 aromatic carbocycles. The average molecular weight is 273 g/mol. The Hall–Kier alpha value is -1.74. The molecule has 0 saturated heterocycles. The van der Waals surface area contributed by atoms with E-state index in [0.717, 1.165) is 31.7 Å². The standard InChI is InChI=1S/C17H23NO2/c1-3-18-12-16(11-15-8-9-20-13-15)10-14-4-6-17(19-2)7-5-14/h4-9,13,16,18H,3,10-12H2,1-2H3. The maximum absolute atomic E-state index is 5.20. The third-order valence-electron chi connectivity index (χ3n) is 3.47. The number of rotatable bonds is 8. The molecule has 1 aromatic heterocycles. The van der Waals surface area contributed by atoms with Gasteiger partial charge >= 0.3 is 0 Å². The van der Waals surface area contributed by atoms with Crippen molar-refractivity contribution in [1.29, 1.82) is 0 Å². The van der Waals surface area contributed by atoms with Crippen LogP contribution in [0.1, 0.15) is 18.1 Å². The Morgan fingerprint density at radius 2 is 1.85 bits per heavy atom. The van der Waals surface area contributed by atoms with Gasteiger partial charge in [-0.3, -0.25) is 0 Å². The molecular weight excluding hydrogens is 250 g/mol. The Balaban J connectivity index is 1.98. The van der Waals surface area contributed by atoms with E-state index in [9.17, 15) is 0 Å². The fourth-order valence-corrected chi connectivity index (χ4v) is 2.40. The molecule has 0 aliphatic rings. The zero-order valence-electron chi connectivity index (χ0n) is 12.3. The van der Waals surface area contributed by atoms with Gasteiger partial charge in [0.15, 0.2) is 0 Å². The highest BCUT2D eigenvalue weighted by molar-refractivity contribution is 5.27. The largest absolute Gasteiger partial charge is 0.497 e. The smallest absolute Gasteiger partial charge is 0.118 e. The third kappa shape index (κ3) is 4.42. The molecule has 108 valence electrons. The molecule has 0 aliphatic heterocycles. The monoisotopic (exact) mass is 273 g/mol. The number of ether oxygens (including phenoxy) is 1. The zero-order valence-corrected chi connectivity index (χ0v) is 12.3. The van der Waals surface area contributed by atoms with Crippen molar-refractivity contribution < 1.29 is 9.15 Å². The summed E-state index contributed by atoms with van der Waals surface area (Å²) in [6, 6.07) is 10.4. The molecule has 1 atom stereocenters. The molecule has 1 N–H and O–H groups in total. The summed E-state index contributed by atoms with van der Waals surface area (Å²) < 4.78 is 10.4. The Morgan fingerprint density at radius 3 is 2.45 bits per heavy atom. The van der Waals surface area contributed by atoms with Crippen molar-refractivity contribution in [1.82, 2.24) is 5.32 Å². The molecular formula is C17H23NO2. The van der Waals surface area contributed by atoms with Crippen LogP contribution in [0.2, 0.25) is 0 Å². The van der Waals surface area contributed by atoms with Crippen molar-refractivity contribution in [3.63, 3.8) is 0 Å². The SMILES string of the molecule is CCNCC(Cc1ccc(OC)cc1)Cc1ccoc1. The first kappa shape index (κ1) is 14.7. The van der Waals surface area contributed by atoms with E-state index in [1.165, 1.54) is 11.1 Å². The maximum Gasteiger partial charge on any atom is 0.118 e. The number of hydrogen-bond acceptors (Lipinski definition) is 3. The zero-order chi connectivity index (χ0) is 14.2. The van der Waals surface area contributed by atoms with Gasteiger partial charge in [-0.05, 0) is 61.2 Å². The van der Waals surface area contributed by atoms with Crippen molar-refractivity contribution in [2.24, 2.45) is 5.92 Å². The van der Waals surface area contributed by atoms with Crippen LogP contribution in [-0.4, -0.2) is 20.2 Å². The minimum Gasteiger partial charge on any atom is -0.497 e.